The monoisotopic (exact) mass is 605 g/mol. The molecule has 0 saturated carbocycles. The number of fused-ring (bicyclic) bond motifs is 1. The van der Waals surface area contributed by atoms with Crippen LogP contribution < -0.4 is 10.6 Å². The molecule has 0 aliphatic carbocycles. The molecule has 1 unspecified atom stereocenters. The van der Waals surface area contributed by atoms with E-state index in [2.05, 4.69) is 10.6 Å². The lowest BCUT2D eigenvalue weighted by Gasteiger charge is -2.25. The molecule has 2 aromatic carbocycles. The van der Waals surface area contributed by atoms with E-state index in [0.717, 1.165) is 20.9 Å². The van der Waals surface area contributed by atoms with Gasteiger partial charge >= 0.3 is 5.97 Å². The number of thioether (sulfide) groups is 1. The highest BCUT2D eigenvalue weighted by molar-refractivity contribution is 8.00. The third-order valence-electron chi connectivity index (χ3n) is 6.56. The zero-order valence-electron chi connectivity index (χ0n) is 22.3. The predicted octanol–water partition coefficient (Wildman–Crippen LogP) is 6.23. The number of carbonyl (C=O) groups is 4. The van der Waals surface area contributed by atoms with Crippen LogP contribution in [0.1, 0.15) is 48.2 Å². The second-order valence-electron chi connectivity index (χ2n) is 9.25. The number of nitrogens with zero attached hydrogens (tertiary/aromatic N) is 1. The van der Waals surface area contributed by atoms with Crippen LogP contribution in [0.5, 0.6) is 0 Å². The van der Waals surface area contributed by atoms with Crippen molar-refractivity contribution in [1.29, 1.82) is 0 Å². The molecule has 1 atom stereocenters. The molecule has 0 fully saturated rings. The second-order valence-corrected chi connectivity index (χ2v) is 12.5. The number of esters is 1. The SMILES string of the molecule is COC(=O)c1c(NC(=O)C(Sc2cccc(NC(=O)c3cccs3)c2)c2ccccc2)sc2c1CCN(C(C)=O)C2. The lowest BCUT2D eigenvalue weighted by Crippen LogP contribution is -2.33. The molecule has 2 aromatic heterocycles. The fraction of sp³-hybridized carbons (Fsp3) is 0.200. The molecule has 3 heterocycles. The van der Waals surface area contributed by atoms with Gasteiger partial charge in [0.25, 0.3) is 5.91 Å². The summed E-state index contributed by atoms with van der Waals surface area (Å²) in [6, 6.07) is 20.3. The maximum absolute atomic E-state index is 13.9. The Morgan fingerprint density at radius 2 is 1.80 bits per heavy atom. The second kappa shape index (κ2) is 12.7. The van der Waals surface area contributed by atoms with Gasteiger partial charge in [0.1, 0.15) is 10.3 Å². The van der Waals surface area contributed by atoms with Crippen molar-refractivity contribution < 1.29 is 23.9 Å². The van der Waals surface area contributed by atoms with E-state index >= 15 is 0 Å². The number of benzene rings is 2. The summed E-state index contributed by atoms with van der Waals surface area (Å²) in [5.41, 5.74) is 2.56. The molecule has 4 aromatic rings. The van der Waals surface area contributed by atoms with Crippen molar-refractivity contribution in [2.75, 3.05) is 24.3 Å². The highest BCUT2D eigenvalue weighted by Gasteiger charge is 2.32. The summed E-state index contributed by atoms with van der Waals surface area (Å²) in [5.74, 6) is -1.06. The van der Waals surface area contributed by atoms with Gasteiger partial charge in [-0.05, 0) is 47.2 Å². The predicted molar refractivity (Wildman–Crippen MR) is 163 cm³/mol. The van der Waals surface area contributed by atoms with Crippen molar-refractivity contribution >= 4 is 68.8 Å². The van der Waals surface area contributed by atoms with Crippen molar-refractivity contribution in [2.24, 2.45) is 0 Å². The summed E-state index contributed by atoms with van der Waals surface area (Å²) >= 11 is 4.00. The third-order valence-corrected chi connectivity index (χ3v) is 9.81. The Morgan fingerprint density at radius 3 is 2.51 bits per heavy atom. The summed E-state index contributed by atoms with van der Waals surface area (Å²) in [6.45, 7) is 2.40. The van der Waals surface area contributed by atoms with Crippen LogP contribution in [0, 0.1) is 0 Å². The van der Waals surface area contributed by atoms with Crippen molar-refractivity contribution in [1.82, 2.24) is 4.90 Å². The molecule has 1 aliphatic rings. The van der Waals surface area contributed by atoms with Gasteiger partial charge < -0.3 is 20.3 Å². The quantitative estimate of drug-likeness (QED) is 0.182. The van der Waals surface area contributed by atoms with Crippen molar-refractivity contribution in [3.63, 3.8) is 0 Å². The first kappa shape index (κ1) is 28.6. The summed E-state index contributed by atoms with van der Waals surface area (Å²) in [6.07, 6.45) is 0.507. The Balaban J connectivity index is 1.42. The Morgan fingerprint density at radius 1 is 1.00 bits per heavy atom. The molecule has 0 spiro atoms. The number of methoxy groups -OCH3 is 1. The molecule has 210 valence electrons. The van der Waals surface area contributed by atoms with Crippen LogP contribution in [-0.4, -0.2) is 42.2 Å². The van der Waals surface area contributed by atoms with Crippen LogP contribution in [0.2, 0.25) is 0 Å². The van der Waals surface area contributed by atoms with Crippen LogP contribution in [0.25, 0.3) is 0 Å². The van der Waals surface area contributed by atoms with E-state index in [1.165, 1.54) is 48.5 Å². The number of hydrogen-bond donors (Lipinski definition) is 2. The van der Waals surface area contributed by atoms with Crippen LogP contribution >= 0.6 is 34.4 Å². The zero-order chi connectivity index (χ0) is 28.9. The molecule has 5 rings (SSSR count). The smallest absolute Gasteiger partial charge is 0.341 e. The molecule has 3 amide bonds. The fourth-order valence-electron chi connectivity index (χ4n) is 4.54. The van der Waals surface area contributed by atoms with Crippen LogP contribution in [-0.2, 0) is 27.3 Å². The molecule has 2 N–H and O–H groups in total. The number of amides is 3. The van der Waals surface area contributed by atoms with E-state index < -0.39 is 11.2 Å². The van der Waals surface area contributed by atoms with E-state index in [1.807, 2.05) is 60.0 Å². The van der Waals surface area contributed by atoms with Gasteiger partial charge in [-0.15, -0.1) is 34.4 Å². The summed E-state index contributed by atoms with van der Waals surface area (Å²) < 4.78 is 5.07. The third kappa shape index (κ3) is 6.53. The standard InChI is InChI=1S/C30H27N3O5S3/c1-18(34)33-14-13-22-24(17-33)41-29(25(22)30(37)38-2)32-28(36)26(19-8-4-3-5-9-19)40-21-11-6-10-20(16-21)31-27(35)23-12-7-15-39-23/h3-12,15-16,26H,13-14,17H2,1-2H3,(H,31,35)(H,32,36). The highest BCUT2D eigenvalue weighted by atomic mass is 32.2. The van der Waals surface area contributed by atoms with Crippen LogP contribution in [0.15, 0.2) is 77.0 Å². The maximum atomic E-state index is 13.9. The molecule has 8 nitrogen and oxygen atoms in total. The number of rotatable bonds is 8. The van der Waals surface area contributed by atoms with Gasteiger partial charge in [0.15, 0.2) is 0 Å². The average Bonchev–Trinajstić information content (AvgIpc) is 3.64. The van der Waals surface area contributed by atoms with E-state index in [9.17, 15) is 19.2 Å². The molecular formula is C30H27N3O5S3. The van der Waals surface area contributed by atoms with Gasteiger partial charge in [-0.3, -0.25) is 14.4 Å². The molecule has 1 aliphatic heterocycles. The normalized spacial score (nSPS) is 13.2. The number of carbonyl (C=O) groups excluding carboxylic acids is 4. The Labute approximate surface area is 249 Å². The topological polar surface area (TPSA) is 105 Å². The minimum Gasteiger partial charge on any atom is -0.465 e. The number of ether oxygens (including phenoxy) is 1. The minimum atomic E-state index is -0.655. The number of anilines is 2. The van der Waals surface area contributed by atoms with Gasteiger partial charge in [-0.1, -0.05) is 42.5 Å². The number of thiophene rings is 2. The number of nitrogens with one attached hydrogen (secondary N) is 2. The van der Waals surface area contributed by atoms with Crippen molar-refractivity contribution in [2.45, 2.75) is 30.0 Å². The lowest BCUT2D eigenvalue weighted by atomic mass is 10.0. The highest BCUT2D eigenvalue weighted by Crippen LogP contribution is 2.41. The van der Waals surface area contributed by atoms with Crippen LogP contribution in [0.3, 0.4) is 0 Å². The number of hydrogen-bond acceptors (Lipinski definition) is 8. The zero-order valence-corrected chi connectivity index (χ0v) is 24.8. The summed E-state index contributed by atoms with van der Waals surface area (Å²) in [5, 5.41) is 7.51. The largest absolute Gasteiger partial charge is 0.465 e. The first-order chi connectivity index (χ1) is 19.8. The van der Waals surface area contributed by atoms with Gasteiger partial charge in [0, 0.05) is 28.9 Å². The van der Waals surface area contributed by atoms with E-state index in [4.69, 9.17) is 4.74 Å². The molecule has 11 heteroatoms. The van der Waals surface area contributed by atoms with Gasteiger partial charge in [0.2, 0.25) is 11.8 Å². The average molecular weight is 606 g/mol. The van der Waals surface area contributed by atoms with E-state index in [1.54, 1.807) is 17.0 Å². The molecular weight excluding hydrogens is 579 g/mol. The first-order valence-electron chi connectivity index (χ1n) is 12.8. The van der Waals surface area contributed by atoms with Crippen molar-refractivity contribution in [3.05, 3.63) is 98.6 Å². The van der Waals surface area contributed by atoms with Gasteiger partial charge in [-0.2, -0.15) is 0 Å². The summed E-state index contributed by atoms with van der Waals surface area (Å²) in [7, 11) is 1.32. The minimum absolute atomic E-state index is 0.0383. The van der Waals surface area contributed by atoms with E-state index in [-0.39, 0.29) is 17.7 Å². The van der Waals surface area contributed by atoms with Crippen molar-refractivity contribution in [3.8, 4) is 0 Å². The van der Waals surface area contributed by atoms with Crippen LogP contribution in [0.4, 0.5) is 10.7 Å². The Hall–Kier alpha value is -3.93. The Bertz CT molecular complexity index is 1580. The molecule has 0 radical (unpaired) electrons. The molecule has 41 heavy (non-hydrogen) atoms. The van der Waals surface area contributed by atoms with Gasteiger partial charge in [0.05, 0.1) is 24.1 Å². The van der Waals surface area contributed by atoms with Gasteiger partial charge in [-0.25, -0.2) is 4.79 Å². The molecule has 0 saturated heterocycles. The Kier molecular flexibility index (Phi) is 8.87. The first-order valence-corrected chi connectivity index (χ1v) is 15.4. The molecule has 0 bridgehead atoms. The fourth-order valence-corrected chi connectivity index (χ4v) is 7.50. The van der Waals surface area contributed by atoms with E-state index in [0.29, 0.717) is 40.6 Å². The maximum Gasteiger partial charge on any atom is 0.341 e. The lowest BCUT2D eigenvalue weighted by molar-refractivity contribution is -0.129. The summed E-state index contributed by atoms with van der Waals surface area (Å²) in [4.78, 5) is 55.2.